The van der Waals surface area contributed by atoms with E-state index >= 15 is 0 Å². The van der Waals surface area contributed by atoms with Gasteiger partial charge in [-0.15, -0.1) is 0 Å². The summed E-state index contributed by atoms with van der Waals surface area (Å²) < 4.78 is 70.9. The van der Waals surface area contributed by atoms with Crippen LogP contribution in [0.5, 0.6) is 11.6 Å². The molecule has 0 spiro atoms. The Morgan fingerprint density at radius 1 is 0.967 bits per heavy atom. The number of aromatic nitrogens is 1. The first-order valence-electron chi connectivity index (χ1n) is 8.46. The van der Waals surface area contributed by atoms with Crippen LogP contribution in [0.1, 0.15) is 15.9 Å². The van der Waals surface area contributed by atoms with Gasteiger partial charge in [-0.3, -0.25) is 4.79 Å². The number of halogens is 5. The first kappa shape index (κ1) is 21.0. The van der Waals surface area contributed by atoms with E-state index in [1.165, 1.54) is 30.5 Å². The Morgan fingerprint density at radius 3 is 2.27 bits per heavy atom. The largest absolute Gasteiger partial charge is 0.436 e. The van der Waals surface area contributed by atoms with Gasteiger partial charge in [-0.25, -0.2) is 13.8 Å². The molecule has 0 fully saturated rings. The van der Waals surface area contributed by atoms with E-state index in [4.69, 9.17) is 4.74 Å². The maximum Gasteiger partial charge on any atom is 0.416 e. The average molecular weight is 423 g/mol. The van der Waals surface area contributed by atoms with Crippen molar-refractivity contribution in [2.75, 3.05) is 17.7 Å². The summed E-state index contributed by atoms with van der Waals surface area (Å²) in [5, 5.41) is 5.09. The molecule has 0 bridgehead atoms. The number of anilines is 2. The molecule has 30 heavy (non-hydrogen) atoms. The molecule has 2 aromatic carbocycles. The Labute approximate surface area is 167 Å². The van der Waals surface area contributed by atoms with E-state index in [1.54, 1.807) is 13.1 Å². The van der Waals surface area contributed by atoms with Gasteiger partial charge in [0.15, 0.2) is 11.6 Å². The number of rotatable bonds is 5. The second-order valence-corrected chi connectivity index (χ2v) is 6.03. The molecule has 5 nitrogen and oxygen atoms in total. The highest BCUT2D eigenvalue weighted by Crippen LogP contribution is 2.30. The minimum atomic E-state index is -4.72. The van der Waals surface area contributed by atoms with Crippen LogP contribution in [0.25, 0.3) is 0 Å². The fourth-order valence-electron chi connectivity index (χ4n) is 2.44. The number of ether oxygens (including phenoxy) is 1. The van der Waals surface area contributed by atoms with E-state index in [9.17, 15) is 26.7 Å². The van der Waals surface area contributed by atoms with E-state index in [-0.39, 0.29) is 23.4 Å². The lowest BCUT2D eigenvalue weighted by atomic mass is 10.1. The number of amides is 1. The molecule has 0 aliphatic carbocycles. The van der Waals surface area contributed by atoms with Gasteiger partial charge in [-0.1, -0.05) is 0 Å². The van der Waals surface area contributed by atoms with Gasteiger partial charge in [0.1, 0.15) is 5.82 Å². The number of hydrogen-bond donors (Lipinski definition) is 2. The molecule has 0 aliphatic heterocycles. The minimum Gasteiger partial charge on any atom is -0.436 e. The van der Waals surface area contributed by atoms with Gasteiger partial charge >= 0.3 is 6.18 Å². The zero-order valence-electron chi connectivity index (χ0n) is 15.3. The fraction of sp³-hybridized carbons (Fsp3) is 0.100. The number of hydrogen-bond acceptors (Lipinski definition) is 4. The fourth-order valence-corrected chi connectivity index (χ4v) is 2.44. The van der Waals surface area contributed by atoms with Crippen LogP contribution < -0.4 is 15.4 Å². The molecular weight excluding hydrogens is 409 g/mol. The predicted molar refractivity (Wildman–Crippen MR) is 99.6 cm³/mol. The highest BCUT2D eigenvalue weighted by Gasteiger charge is 2.31. The van der Waals surface area contributed by atoms with Crippen molar-refractivity contribution in [3.8, 4) is 11.6 Å². The highest BCUT2D eigenvalue weighted by molar-refractivity contribution is 6.04. The summed E-state index contributed by atoms with van der Waals surface area (Å²) >= 11 is 0. The lowest BCUT2D eigenvalue weighted by Gasteiger charge is -2.10. The second-order valence-electron chi connectivity index (χ2n) is 6.03. The molecule has 10 heteroatoms. The number of carbonyl (C=O) groups is 1. The number of benzene rings is 2. The monoisotopic (exact) mass is 423 g/mol. The van der Waals surface area contributed by atoms with Crippen molar-refractivity contribution in [2.24, 2.45) is 0 Å². The Balaban J connectivity index is 1.69. The second kappa shape index (κ2) is 8.36. The third-order valence-corrected chi connectivity index (χ3v) is 3.97. The average Bonchev–Trinajstić information content (AvgIpc) is 2.70. The molecule has 0 saturated carbocycles. The Morgan fingerprint density at radius 2 is 1.70 bits per heavy atom. The van der Waals surface area contributed by atoms with Crippen molar-refractivity contribution in [3.05, 3.63) is 77.5 Å². The smallest absolute Gasteiger partial charge is 0.416 e. The van der Waals surface area contributed by atoms with Crippen molar-refractivity contribution in [3.63, 3.8) is 0 Å². The van der Waals surface area contributed by atoms with Crippen LogP contribution in [-0.4, -0.2) is 17.9 Å². The summed E-state index contributed by atoms with van der Waals surface area (Å²) in [6.45, 7) is 0. The van der Waals surface area contributed by atoms with Gasteiger partial charge in [-0.2, -0.15) is 13.2 Å². The van der Waals surface area contributed by atoms with E-state index in [0.29, 0.717) is 11.8 Å². The van der Waals surface area contributed by atoms with Gasteiger partial charge < -0.3 is 15.4 Å². The normalized spacial score (nSPS) is 11.1. The molecule has 156 valence electrons. The number of pyridine rings is 1. The third kappa shape index (κ3) is 4.83. The van der Waals surface area contributed by atoms with Crippen LogP contribution in [0.3, 0.4) is 0 Å². The van der Waals surface area contributed by atoms with Gasteiger partial charge in [0, 0.05) is 24.9 Å². The summed E-state index contributed by atoms with van der Waals surface area (Å²) in [6.07, 6.45) is -3.54. The van der Waals surface area contributed by atoms with Crippen molar-refractivity contribution >= 4 is 17.3 Å². The van der Waals surface area contributed by atoms with Gasteiger partial charge in [0.05, 0.1) is 23.0 Å². The molecule has 0 aliphatic rings. The van der Waals surface area contributed by atoms with E-state index in [2.05, 4.69) is 15.6 Å². The van der Waals surface area contributed by atoms with Crippen LogP contribution in [0, 0.1) is 11.6 Å². The highest BCUT2D eigenvalue weighted by atomic mass is 19.4. The molecule has 0 radical (unpaired) electrons. The summed E-state index contributed by atoms with van der Waals surface area (Å²) in [7, 11) is 1.64. The molecule has 0 atom stereocenters. The van der Waals surface area contributed by atoms with Crippen molar-refractivity contribution in [2.45, 2.75) is 6.18 Å². The summed E-state index contributed by atoms with van der Waals surface area (Å²) in [4.78, 5) is 16.0. The molecule has 0 saturated heterocycles. The number of carbonyl (C=O) groups excluding carboxylic acids is 1. The lowest BCUT2D eigenvalue weighted by Crippen LogP contribution is -2.15. The first-order chi connectivity index (χ1) is 14.2. The molecule has 2 N–H and O–H groups in total. The van der Waals surface area contributed by atoms with Gasteiger partial charge in [0.2, 0.25) is 5.88 Å². The Kier molecular flexibility index (Phi) is 5.86. The molecule has 1 aromatic heterocycles. The number of alkyl halides is 3. The molecule has 3 rings (SSSR count). The molecular formula is C20H14F5N3O2. The standard InChI is InChI=1S/C20H14F5N3O2/c1-26-12-3-6-17(16(22)9-12)30-18-7-4-13(10-27-18)28-19(29)14-5-2-11(8-15(14)21)20(23,24)25/h2-10,26H,1H3,(H,28,29). The van der Waals surface area contributed by atoms with Crippen molar-refractivity contribution in [1.82, 2.24) is 4.98 Å². The predicted octanol–water partition coefficient (Wildman–Crippen LogP) is 5.46. The lowest BCUT2D eigenvalue weighted by molar-refractivity contribution is -0.137. The zero-order valence-corrected chi connectivity index (χ0v) is 15.3. The van der Waals surface area contributed by atoms with Crippen LogP contribution in [-0.2, 0) is 6.18 Å². The third-order valence-electron chi connectivity index (χ3n) is 3.97. The van der Waals surface area contributed by atoms with Crippen LogP contribution in [0.2, 0.25) is 0 Å². The molecule has 0 unspecified atom stereocenters. The maximum absolute atomic E-state index is 13.9. The molecule has 3 aromatic rings. The zero-order chi connectivity index (χ0) is 21.9. The van der Waals surface area contributed by atoms with E-state index < -0.39 is 34.8 Å². The maximum atomic E-state index is 13.9. The van der Waals surface area contributed by atoms with Crippen LogP contribution in [0.15, 0.2) is 54.7 Å². The number of nitrogens with zero attached hydrogens (tertiary/aromatic N) is 1. The summed E-state index contributed by atoms with van der Waals surface area (Å²) in [6, 6.07) is 8.56. The number of nitrogens with one attached hydrogen (secondary N) is 2. The summed E-state index contributed by atoms with van der Waals surface area (Å²) in [5.74, 6) is -2.91. The minimum absolute atomic E-state index is 0.0322. The topological polar surface area (TPSA) is 63.2 Å². The van der Waals surface area contributed by atoms with E-state index in [1.807, 2.05) is 0 Å². The molecule has 1 heterocycles. The van der Waals surface area contributed by atoms with E-state index in [0.717, 1.165) is 6.07 Å². The molecule has 1 amide bonds. The van der Waals surface area contributed by atoms with Crippen molar-refractivity contribution in [1.29, 1.82) is 0 Å². The first-order valence-corrected chi connectivity index (χ1v) is 8.46. The van der Waals surface area contributed by atoms with Gasteiger partial charge in [0.25, 0.3) is 5.91 Å². The Bertz CT molecular complexity index is 1070. The van der Waals surface area contributed by atoms with Crippen molar-refractivity contribution < 1.29 is 31.5 Å². The van der Waals surface area contributed by atoms with Crippen LogP contribution in [0.4, 0.5) is 33.3 Å². The SMILES string of the molecule is CNc1ccc(Oc2ccc(NC(=O)c3ccc(C(F)(F)F)cc3F)cn2)c(F)c1. The Hall–Kier alpha value is -3.69. The van der Waals surface area contributed by atoms with Crippen LogP contribution >= 0.6 is 0 Å². The summed E-state index contributed by atoms with van der Waals surface area (Å²) in [5.41, 5.74) is -1.07. The van der Waals surface area contributed by atoms with Gasteiger partial charge in [-0.05, 0) is 36.4 Å². The quantitative estimate of drug-likeness (QED) is 0.535.